The number of carbonyl (C=O) groups is 1. The summed E-state index contributed by atoms with van der Waals surface area (Å²) >= 11 is 3.45. The lowest BCUT2D eigenvalue weighted by molar-refractivity contribution is -0.126. The van der Waals surface area contributed by atoms with E-state index in [1.165, 1.54) is 9.81 Å². The van der Waals surface area contributed by atoms with Crippen LogP contribution in [0.15, 0.2) is 21.5 Å². The molecule has 0 aromatic heterocycles. The standard InChI is InChI=1S/C15H22OS2/c1-10-7-8-15(9-10)11(2)5-6-12(13(15)16)14(17-3)18-4/h9,11H,5-8H2,1-4H3/t11-,15-/m1/s1. The van der Waals surface area contributed by atoms with Gasteiger partial charge in [-0.25, -0.2) is 0 Å². The predicted molar refractivity (Wildman–Crippen MR) is 82.9 cm³/mol. The Morgan fingerprint density at radius 1 is 1.33 bits per heavy atom. The fraction of sp³-hybridized carbons (Fsp3) is 0.667. The van der Waals surface area contributed by atoms with Gasteiger partial charge in [0.1, 0.15) is 0 Å². The van der Waals surface area contributed by atoms with E-state index in [-0.39, 0.29) is 5.41 Å². The summed E-state index contributed by atoms with van der Waals surface area (Å²) in [5.41, 5.74) is 2.32. The molecule has 0 radical (unpaired) electrons. The van der Waals surface area contributed by atoms with E-state index >= 15 is 0 Å². The molecule has 0 saturated heterocycles. The van der Waals surface area contributed by atoms with E-state index in [2.05, 4.69) is 32.4 Å². The number of Topliss-reactive ketones (excluding diaryl/α,β-unsaturated/α-hetero) is 1. The molecule has 0 aromatic carbocycles. The second-order valence-electron chi connectivity index (χ2n) is 5.47. The smallest absolute Gasteiger partial charge is 0.170 e. The first-order valence-electron chi connectivity index (χ1n) is 6.59. The summed E-state index contributed by atoms with van der Waals surface area (Å²) in [5, 5.41) is 0. The maximum Gasteiger partial charge on any atom is 0.170 e. The van der Waals surface area contributed by atoms with E-state index in [0.29, 0.717) is 11.7 Å². The van der Waals surface area contributed by atoms with Crippen molar-refractivity contribution >= 4 is 29.3 Å². The molecule has 1 saturated carbocycles. The second kappa shape index (κ2) is 5.46. The Bertz CT molecular complexity index is 416. The van der Waals surface area contributed by atoms with Gasteiger partial charge in [-0.3, -0.25) is 4.79 Å². The van der Waals surface area contributed by atoms with Gasteiger partial charge in [-0.2, -0.15) is 0 Å². The third kappa shape index (κ3) is 2.20. The van der Waals surface area contributed by atoms with E-state index in [9.17, 15) is 4.79 Å². The van der Waals surface area contributed by atoms with Crippen molar-refractivity contribution in [3.8, 4) is 0 Å². The van der Waals surface area contributed by atoms with Crippen LogP contribution in [0.25, 0.3) is 0 Å². The lowest BCUT2D eigenvalue weighted by Crippen LogP contribution is -2.39. The van der Waals surface area contributed by atoms with Gasteiger partial charge < -0.3 is 0 Å². The Balaban J connectivity index is 2.43. The summed E-state index contributed by atoms with van der Waals surface area (Å²) in [7, 11) is 0. The minimum atomic E-state index is -0.172. The highest BCUT2D eigenvalue weighted by molar-refractivity contribution is 8.21. The van der Waals surface area contributed by atoms with Gasteiger partial charge in [0.15, 0.2) is 5.78 Å². The highest BCUT2D eigenvalue weighted by atomic mass is 32.2. The van der Waals surface area contributed by atoms with Crippen molar-refractivity contribution in [3.63, 3.8) is 0 Å². The molecule has 1 nitrogen and oxygen atoms in total. The summed E-state index contributed by atoms with van der Waals surface area (Å²) in [6, 6.07) is 0. The van der Waals surface area contributed by atoms with Crippen LogP contribution in [-0.4, -0.2) is 18.3 Å². The minimum Gasteiger partial charge on any atom is -0.293 e. The average Bonchev–Trinajstić information content (AvgIpc) is 2.75. The SMILES string of the molecule is CSC(SC)=C1CC[C@@H](C)[C@@]2(C=C(C)CC2)C1=O. The van der Waals surface area contributed by atoms with Crippen molar-refractivity contribution in [3.05, 3.63) is 21.5 Å². The monoisotopic (exact) mass is 282 g/mol. The largest absolute Gasteiger partial charge is 0.293 e. The number of rotatable bonds is 2. The summed E-state index contributed by atoms with van der Waals surface area (Å²) in [5.74, 6) is 0.910. The Morgan fingerprint density at radius 2 is 2.00 bits per heavy atom. The molecule has 3 heteroatoms. The van der Waals surface area contributed by atoms with E-state index < -0.39 is 0 Å². The van der Waals surface area contributed by atoms with Crippen molar-refractivity contribution in [1.82, 2.24) is 0 Å². The molecule has 0 heterocycles. The first-order valence-corrected chi connectivity index (χ1v) is 9.04. The quantitative estimate of drug-likeness (QED) is 0.542. The maximum atomic E-state index is 12.9. The normalized spacial score (nSPS) is 32.0. The predicted octanol–water partition coefficient (Wildman–Crippen LogP) is 4.65. The topological polar surface area (TPSA) is 17.1 Å². The molecule has 2 aliphatic carbocycles. The lowest BCUT2D eigenvalue weighted by Gasteiger charge is -2.38. The number of hydrogen-bond donors (Lipinski definition) is 0. The van der Waals surface area contributed by atoms with Gasteiger partial charge >= 0.3 is 0 Å². The van der Waals surface area contributed by atoms with Crippen LogP contribution in [0.4, 0.5) is 0 Å². The molecule has 0 N–H and O–H groups in total. The zero-order valence-corrected chi connectivity index (χ0v) is 13.3. The fourth-order valence-electron chi connectivity index (χ4n) is 3.32. The lowest BCUT2D eigenvalue weighted by atomic mass is 9.64. The van der Waals surface area contributed by atoms with Gasteiger partial charge in [-0.05, 0) is 51.0 Å². The maximum absolute atomic E-state index is 12.9. The van der Waals surface area contributed by atoms with E-state index in [1.807, 2.05) is 0 Å². The molecule has 0 bridgehead atoms. The fourth-order valence-corrected chi connectivity index (χ4v) is 4.87. The number of ketones is 1. The molecular weight excluding hydrogens is 260 g/mol. The molecule has 2 aliphatic rings. The molecule has 0 aromatic rings. The van der Waals surface area contributed by atoms with Gasteiger partial charge in [-0.15, -0.1) is 23.5 Å². The van der Waals surface area contributed by atoms with Crippen LogP contribution in [0.1, 0.15) is 39.5 Å². The zero-order valence-electron chi connectivity index (χ0n) is 11.7. The summed E-state index contributed by atoms with van der Waals surface area (Å²) < 4.78 is 1.23. The molecule has 18 heavy (non-hydrogen) atoms. The average molecular weight is 282 g/mol. The summed E-state index contributed by atoms with van der Waals surface area (Å²) in [6.07, 6.45) is 10.7. The number of hydrogen-bond acceptors (Lipinski definition) is 3. The minimum absolute atomic E-state index is 0.172. The van der Waals surface area contributed by atoms with Gasteiger partial charge in [0, 0.05) is 9.81 Å². The van der Waals surface area contributed by atoms with Crippen LogP contribution in [0.3, 0.4) is 0 Å². The summed E-state index contributed by atoms with van der Waals surface area (Å²) in [6.45, 7) is 4.42. The van der Waals surface area contributed by atoms with E-state index in [4.69, 9.17) is 0 Å². The van der Waals surface area contributed by atoms with Crippen molar-refractivity contribution in [1.29, 1.82) is 0 Å². The van der Waals surface area contributed by atoms with Crippen LogP contribution < -0.4 is 0 Å². The molecule has 0 amide bonds. The Labute approximate surface area is 119 Å². The van der Waals surface area contributed by atoms with E-state index in [0.717, 1.165) is 31.3 Å². The van der Waals surface area contributed by atoms with Crippen molar-refractivity contribution in [2.75, 3.05) is 12.5 Å². The third-order valence-corrected chi connectivity index (χ3v) is 6.69. The first-order chi connectivity index (χ1) is 8.55. The van der Waals surface area contributed by atoms with Gasteiger partial charge in [0.05, 0.1) is 5.41 Å². The Kier molecular flexibility index (Phi) is 4.32. The molecule has 1 fully saturated rings. The van der Waals surface area contributed by atoms with Crippen LogP contribution in [0, 0.1) is 11.3 Å². The molecule has 2 rings (SSSR count). The van der Waals surface area contributed by atoms with Crippen molar-refractivity contribution in [2.45, 2.75) is 39.5 Å². The highest BCUT2D eigenvalue weighted by Gasteiger charge is 2.48. The van der Waals surface area contributed by atoms with E-state index in [1.54, 1.807) is 23.5 Å². The third-order valence-electron chi connectivity index (χ3n) is 4.46. The number of allylic oxidation sites excluding steroid dienone is 3. The van der Waals surface area contributed by atoms with Crippen LogP contribution in [0.5, 0.6) is 0 Å². The summed E-state index contributed by atoms with van der Waals surface area (Å²) in [4.78, 5) is 12.9. The first kappa shape index (κ1) is 14.3. The second-order valence-corrected chi connectivity index (χ2v) is 7.37. The molecule has 0 aliphatic heterocycles. The zero-order chi connectivity index (χ0) is 13.3. The molecule has 100 valence electrons. The Morgan fingerprint density at radius 3 is 2.50 bits per heavy atom. The molecular formula is C15H22OS2. The van der Waals surface area contributed by atoms with Crippen molar-refractivity contribution in [2.24, 2.45) is 11.3 Å². The molecule has 1 spiro atoms. The number of thioether (sulfide) groups is 2. The highest BCUT2D eigenvalue weighted by Crippen LogP contribution is 2.51. The Hall–Kier alpha value is -0.150. The van der Waals surface area contributed by atoms with Gasteiger partial charge in [-0.1, -0.05) is 18.6 Å². The van der Waals surface area contributed by atoms with Gasteiger partial charge in [0.2, 0.25) is 0 Å². The number of carbonyl (C=O) groups excluding carboxylic acids is 1. The van der Waals surface area contributed by atoms with Crippen LogP contribution in [0.2, 0.25) is 0 Å². The molecule has 0 unspecified atom stereocenters. The van der Waals surface area contributed by atoms with Crippen LogP contribution >= 0.6 is 23.5 Å². The van der Waals surface area contributed by atoms with Gasteiger partial charge in [0.25, 0.3) is 0 Å². The van der Waals surface area contributed by atoms with Crippen molar-refractivity contribution < 1.29 is 4.79 Å². The van der Waals surface area contributed by atoms with Crippen LogP contribution in [-0.2, 0) is 4.79 Å². The molecule has 2 atom stereocenters.